The molecule has 1 atom stereocenters. The van der Waals surface area contributed by atoms with Gasteiger partial charge in [-0.2, -0.15) is 0 Å². The fourth-order valence-electron chi connectivity index (χ4n) is 1.52. The Bertz CT molecular complexity index is 442. The molecule has 0 amide bonds. The molecule has 2 rings (SSSR count). The molecular weight excluding hydrogens is 202 g/mol. The van der Waals surface area contributed by atoms with Crippen LogP contribution in [-0.4, -0.2) is 22.6 Å². The third kappa shape index (κ3) is 1.50. The number of nitrogens with zero attached hydrogens (tertiary/aromatic N) is 1. The van der Waals surface area contributed by atoms with E-state index in [4.69, 9.17) is 9.84 Å². The minimum atomic E-state index is -1.03. The number of hydrogen-bond acceptors (Lipinski definition) is 4. The molecule has 0 bridgehead atoms. The van der Waals surface area contributed by atoms with Gasteiger partial charge < -0.3 is 9.84 Å². The highest BCUT2D eigenvalue weighted by Crippen LogP contribution is 2.36. The Morgan fingerprint density at radius 3 is 2.93 bits per heavy atom. The Morgan fingerprint density at radius 2 is 2.33 bits per heavy atom. The molecule has 0 aliphatic carbocycles. The van der Waals surface area contributed by atoms with Crippen LogP contribution in [0.4, 0.5) is 5.69 Å². The van der Waals surface area contributed by atoms with E-state index in [9.17, 15) is 14.9 Å². The van der Waals surface area contributed by atoms with Crippen LogP contribution < -0.4 is 4.74 Å². The highest BCUT2D eigenvalue weighted by molar-refractivity contribution is 5.79. The second-order valence-corrected chi connectivity index (χ2v) is 3.18. The minimum Gasteiger partial charge on any atom is -0.492 e. The van der Waals surface area contributed by atoms with Crippen molar-refractivity contribution in [3.05, 3.63) is 33.9 Å². The average molecular weight is 209 g/mol. The molecule has 0 spiro atoms. The molecule has 0 radical (unpaired) electrons. The van der Waals surface area contributed by atoms with E-state index < -0.39 is 16.8 Å². The van der Waals surface area contributed by atoms with Crippen molar-refractivity contribution < 1.29 is 19.6 Å². The van der Waals surface area contributed by atoms with Gasteiger partial charge in [0.05, 0.1) is 4.92 Å². The first-order valence-corrected chi connectivity index (χ1v) is 4.23. The summed E-state index contributed by atoms with van der Waals surface area (Å²) in [6.45, 7) is 0.0336. The Morgan fingerprint density at radius 1 is 1.60 bits per heavy atom. The summed E-state index contributed by atoms with van der Waals surface area (Å²) in [4.78, 5) is 20.7. The van der Waals surface area contributed by atoms with Crippen LogP contribution in [0.25, 0.3) is 0 Å². The number of nitro benzene ring substituents is 1. The van der Waals surface area contributed by atoms with Crippen LogP contribution in [0, 0.1) is 10.1 Å². The van der Waals surface area contributed by atoms with Gasteiger partial charge in [0.25, 0.3) is 5.69 Å². The zero-order valence-corrected chi connectivity index (χ0v) is 7.54. The quantitative estimate of drug-likeness (QED) is 0.583. The van der Waals surface area contributed by atoms with Gasteiger partial charge in [0.2, 0.25) is 0 Å². The van der Waals surface area contributed by atoms with Gasteiger partial charge in [-0.05, 0) is 6.07 Å². The van der Waals surface area contributed by atoms with Crippen molar-refractivity contribution in [2.75, 3.05) is 6.61 Å². The van der Waals surface area contributed by atoms with E-state index in [1.54, 1.807) is 0 Å². The van der Waals surface area contributed by atoms with Crippen molar-refractivity contribution >= 4 is 11.7 Å². The molecule has 0 aromatic heterocycles. The van der Waals surface area contributed by atoms with Crippen LogP contribution in [0.3, 0.4) is 0 Å². The van der Waals surface area contributed by atoms with E-state index in [1.807, 2.05) is 0 Å². The molecule has 1 heterocycles. The number of hydrogen-bond donors (Lipinski definition) is 1. The van der Waals surface area contributed by atoms with E-state index in [-0.39, 0.29) is 12.3 Å². The van der Waals surface area contributed by atoms with E-state index in [0.717, 1.165) is 0 Å². The topological polar surface area (TPSA) is 89.7 Å². The fourth-order valence-corrected chi connectivity index (χ4v) is 1.52. The van der Waals surface area contributed by atoms with Crippen molar-refractivity contribution in [2.24, 2.45) is 0 Å². The lowest BCUT2D eigenvalue weighted by molar-refractivity contribution is -0.384. The van der Waals surface area contributed by atoms with Gasteiger partial charge in [0.1, 0.15) is 18.3 Å². The zero-order chi connectivity index (χ0) is 11.0. The van der Waals surface area contributed by atoms with Crippen LogP contribution in [0.15, 0.2) is 18.2 Å². The summed E-state index contributed by atoms with van der Waals surface area (Å²) in [6.07, 6.45) is 0. The molecule has 0 saturated heterocycles. The van der Waals surface area contributed by atoms with Crippen LogP contribution in [0.5, 0.6) is 5.75 Å². The number of nitro groups is 1. The largest absolute Gasteiger partial charge is 0.492 e. The molecule has 15 heavy (non-hydrogen) atoms. The molecule has 1 unspecified atom stereocenters. The summed E-state index contributed by atoms with van der Waals surface area (Å²) in [7, 11) is 0. The summed E-state index contributed by atoms with van der Waals surface area (Å²) in [5, 5.41) is 19.3. The van der Waals surface area contributed by atoms with Crippen molar-refractivity contribution in [1.82, 2.24) is 0 Å². The molecule has 1 aliphatic rings. The van der Waals surface area contributed by atoms with Gasteiger partial charge in [-0.1, -0.05) is 0 Å². The summed E-state index contributed by atoms with van der Waals surface area (Å²) in [6, 6.07) is 3.97. The Hall–Kier alpha value is -2.11. The molecular formula is C9H7NO5. The number of non-ortho nitro benzene ring substituents is 1. The lowest BCUT2D eigenvalue weighted by Gasteiger charge is -2.00. The second kappa shape index (κ2) is 3.23. The average Bonchev–Trinajstić information content (AvgIpc) is 2.59. The number of ether oxygens (including phenoxy) is 1. The normalized spacial score (nSPS) is 18.0. The van der Waals surface area contributed by atoms with Crippen molar-refractivity contribution in [1.29, 1.82) is 0 Å². The van der Waals surface area contributed by atoms with Crippen LogP contribution in [0.2, 0.25) is 0 Å². The first-order chi connectivity index (χ1) is 7.09. The first kappa shape index (κ1) is 9.45. The van der Waals surface area contributed by atoms with Crippen LogP contribution >= 0.6 is 0 Å². The molecule has 1 N–H and O–H groups in total. The molecule has 6 heteroatoms. The molecule has 78 valence electrons. The Labute approximate surface area is 84.2 Å². The number of benzene rings is 1. The van der Waals surface area contributed by atoms with Gasteiger partial charge in [0.15, 0.2) is 0 Å². The maximum Gasteiger partial charge on any atom is 0.314 e. The van der Waals surface area contributed by atoms with Crippen molar-refractivity contribution in [2.45, 2.75) is 5.92 Å². The first-order valence-electron chi connectivity index (χ1n) is 4.23. The fraction of sp³-hybridized carbons (Fsp3) is 0.222. The third-order valence-electron chi connectivity index (χ3n) is 2.28. The zero-order valence-electron chi connectivity index (χ0n) is 7.54. The lowest BCUT2D eigenvalue weighted by atomic mass is 10.0. The SMILES string of the molecule is O=C(O)C1COc2ccc([N+](=O)[O-])cc21. The predicted molar refractivity (Wildman–Crippen MR) is 49.0 cm³/mol. The van der Waals surface area contributed by atoms with Gasteiger partial charge in [-0.3, -0.25) is 14.9 Å². The standard InChI is InChI=1S/C9H7NO5/c11-9(12)7-4-15-8-2-1-5(10(13)14)3-6(7)8/h1-3,7H,4H2,(H,11,12). The highest BCUT2D eigenvalue weighted by Gasteiger charge is 2.31. The Balaban J connectivity index is 2.46. The minimum absolute atomic E-state index is 0.0336. The number of fused-ring (bicyclic) bond motifs is 1. The highest BCUT2D eigenvalue weighted by atomic mass is 16.6. The third-order valence-corrected chi connectivity index (χ3v) is 2.28. The number of carboxylic acid groups (broad SMARTS) is 1. The van der Waals surface area contributed by atoms with E-state index in [1.165, 1.54) is 18.2 Å². The van der Waals surface area contributed by atoms with Crippen LogP contribution in [0.1, 0.15) is 11.5 Å². The summed E-state index contributed by atoms with van der Waals surface area (Å²) in [5.41, 5.74) is 0.252. The second-order valence-electron chi connectivity index (χ2n) is 3.18. The van der Waals surface area contributed by atoms with Gasteiger partial charge >= 0.3 is 5.97 Å². The summed E-state index contributed by atoms with van der Waals surface area (Å²) < 4.78 is 5.10. The summed E-state index contributed by atoms with van der Waals surface area (Å²) in [5.74, 6) is -1.43. The molecule has 1 aromatic carbocycles. The van der Waals surface area contributed by atoms with Crippen molar-refractivity contribution in [3.8, 4) is 5.75 Å². The number of rotatable bonds is 2. The van der Waals surface area contributed by atoms with Crippen molar-refractivity contribution in [3.63, 3.8) is 0 Å². The number of carbonyl (C=O) groups is 1. The predicted octanol–water partition coefficient (Wildman–Crippen LogP) is 1.16. The Kier molecular flexibility index (Phi) is 2.03. The number of aliphatic carboxylic acids is 1. The van der Waals surface area contributed by atoms with Gasteiger partial charge in [-0.25, -0.2) is 0 Å². The number of carboxylic acids is 1. The molecule has 6 nitrogen and oxygen atoms in total. The van der Waals surface area contributed by atoms with Crippen LogP contribution in [-0.2, 0) is 4.79 Å². The van der Waals surface area contributed by atoms with Gasteiger partial charge in [-0.15, -0.1) is 0 Å². The van der Waals surface area contributed by atoms with E-state index in [0.29, 0.717) is 11.3 Å². The molecule has 1 aliphatic heterocycles. The lowest BCUT2D eigenvalue weighted by Crippen LogP contribution is -2.12. The maximum absolute atomic E-state index is 10.8. The maximum atomic E-state index is 10.8. The van der Waals surface area contributed by atoms with E-state index in [2.05, 4.69) is 0 Å². The smallest absolute Gasteiger partial charge is 0.314 e. The van der Waals surface area contributed by atoms with Gasteiger partial charge in [0, 0.05) is 17.7 Å². The molecule has 0 saturated carbocycles. The summed E-state index contributed by atoms with van der Waals surface area (Å²) >= 11 is 0. The van der Waals surface area contributed by atoms with E-state index >= 15 is 0 Å². The molecule has 0 fully saturated rings. The monoisotopic (exact) mass is 209 g/mol. The molecule has 1 aromatic rings.